The lowest BCUT2D eigenvalue weighted by Gasteiger charge is -2.46. The highest BCUT2D eigenvalue weighted by atomic mass is 35.5. The van der Waals surface area contributed by atoms with Crippen molar-refractivity contribution in [3.63, 3.8) is 0 Å². The summed E-state index contributed by atoms with van der Waals surface area (Å²) in [4.78, 5) is 48.7. The number of halogens is 2. The van der Waals surface area contributed by atoms with Crippen LogP contribution < -0.4 is 5.32 Å². The van der Waals surface area contributed by atoms with Crippen LogP contribution in [0.15, 0.2) is 79.0 Å². The second-order valence-corrected chi connectivity index (χ2v) is 11.7. The van der Waals surface area contributed by atoms with Crippen molar-refractivity contribution in [1.82, 2.24) is 30.1 Å². The molecule has 6 rings (SSSR count). The van der Waals surface area contributed by atoms with E-state index < -0.39 is 12.2 Å². The second-order valence-electron chi connectivity index (χ2n) is 10.9. The van der Waals surface area contributed by atoms with Gasteiger partial charge in [-0.05, 0) is 41.5 Å². The predicted molar refractivity (Wildman–Crippen MR) is 167 cm³/mol. The van der Waals surface area contributed by atoms with Gasteiger partial charge in [-0.3, -0.25) is 19.6 Å². The molecule has 226 valence electrons. The number of fused-ring (bicyclic) bond motifs is 2. The lowest BCUT2D eigenvalue weighted by Crippen LogP contribution is -2.65. The van der Waals surface area contributed by atoms with E-state index in [1.54, 1.807) is 64.5 Å². The van der Waals surface area contributed by atoms with Crippen LogP contribution in [0, 0.1) is 0 Å². The number of amides is 4. The number of aromatic nitrogens is 1. The Morgan fingerprint density at radius 3 is 2.52 bits per heavy atom. The highest BCUT2D eigenvalue weighted by molar-refractivity contribution is 6.39. The number of benzene rings is 3. The third-order valence-corrected chi connectivity index (χ3v) is 8.79. The fraction of sp³-hybridized carbons (Fsp3) is 0.250. The van der Waals surface area contributed by atoms with Gasteiger partial charge in [0.15, 0.2) is 0 Å². The maximum Gasteiger partial charge on any atom is 0.332 e. The van der Waals surface area contributed by atoms with Crippen LogP contribution in [-0.2, 0) is 29.1 Å². The highest BCUT2D eigenvalue weighted by Crippen LogP contribution is 2.35. The largest absolute Gasteiger partial charge is 0.508 e. The summed E-state index contributed by atoms with van der Waals surface area (Å²) in [5.41, 5.74) is 2.95. The predicted octanol–water partition coefficient (Wildman–Crippen LogP) is 4.43. The lowest BCUT2D eigenvalue weighted by atomic mass is 9.99. The average molecular weight is 634 g/mol. The fourth-order valence-electron chi connectivity index (χ4n) is 5.88. The van der Waals surface area contributed by atoms with E-state index >= 15 is 0 Å². The lowest BCUT2D eigenvalue weighted by molar-refractivity contribution is -0.157. The van der Waals surface area contributed by atoms with Gasteiger partial charge >= 0.3 is 6.03 Å². The van der Waals surface area contributed by atoms with E-state index in [0.29, 0.717) is 33.1 Å². The summed E-state index contributed by atoms with van der Waals surface area (Å²) < 4.78 is 0. The Morgan fingerprint density at radius 2 is 1.77 bits per heavy atom. The molecule has 0 spiro atoms. The summed E-state index contributed by atoms with van der Waals surface area (Å²) in [6.45, 7) is 0.521. The molecule has 2 N–H and O–H groups in total. The van der Waals surface area contributed by atoms with Gasteiger partial charge < -0.3 is 20.2 Å². The first-order chi connectivity index (χ1) is 21.2. The van der Waals surface area contributed by atoms with Crippen molar-refractivity contribution >= 4 is 52.0 Å². The van der Waals surface area contributed by atoms with Gasteiger partial charge in [0.2, 0.25) is 11.8 Å². The Hall–Kier alpha value is -4.38. The summed E-state index contributed by atoms with van der Waals surface area (Å²) in [7, 11) is 1.61. The minimum Gasteiger partial charge on any atom is -0.508 e. The first-order valence-corrected chi connectivity index (χ1v) is 14.9. The summed E-state index contributed by atoms with van der Waals surface area (Å²) in [5.74, 6) is -0.409. The number of nitrogens with zero attached hydrogens (tertiary/aromatic N) is 5. The smallest absolute Gasteiger partial charge is 0.332 e. The van der Waals surface area contributed by atoms with Gasteiger partial charge in [0.25, 0.3) is 0 Å². The minimum absolute atomic E-state index is 0.0701. The first kappa shape index (κ1) is 29.7. The normalized spacial score (nSPS) is 18.5. The Balaban J connectivity index is 1.31. The van der Waals surface area contributed by atoms with E-state index in [2.05, 4.69) is 10.3 Å². The number of hydrogen-bond acceptors (Lipinski definition) is 6. The van der Waals surface area contributed by atoms with Gasteiger partial charge in [-0.25, -0.2) is 4.79 Å². The SMILES string of the molecule is CN(C(=O)NCc1ccccc1)N1CC(=O)N2[C@@H](Cc3ccc(O)cc3)C(=O)N(Cc3c(Cl)cc(Cl)c4cccnc34)C[C@@H]21. The Morgan fingerprint density at radius 1 is 1.02 bits per heavy atom. The number of aromatic hydroxyl groups is 1. The quantitative estimate of drug-likeness (QED) is 0.312. The zero-order valence-electron chi connectivity index (χ0n) is 23.9. The van der Waals surface area contributed by atoms with Crippen LogP contribution in [-0.4, -0.2) is 80.1 Å². The van der Waals surface area contributed by atoms with Crippen LogP contribution in [0.2, 0.25) is 10.0 Å². The van der Waals surface area contributed by atoms with Gasteiger partial charge in [0.1, 0.15) is 18.0 Å². The number of phenolic OH excluding ortho intramolecular Hbond substituents is 1. The molecule has 12 heteroatoms. The van der Waals surface area contributed by atoms with E-state index in [1.165, 1.54) is 5.01 Å². The van der Waals surface area contributed by atoms with Crippen LogP contribution in [0.3, 0.4) is 0 Å². The monoisotopic (exact) mass is 632 g/mol. The van der Waals surface area contributed by atoms with Crippen molar-refractivity contribution in [3.05, 3.63) is 106 Å². The summed E-state index contributed by atoms with van der Waals surface area (Å²) >= 11 is 13.1. The Kier molecular flexibility index (Phi) is 8.31. The molecule has 0 unspecified atom stereocenters. The molecule has 2 aliphatic heterocycles. The Bertz CT molecular complexity index is 1720. The summed E-state index contributed by atoms with van der Waals surface area (Å²) in [6, 6.07) is 20.1. The number of pyridine rings is 1. The van der Waals surface area contributed by atoms with Crippen LogP contribution in [0.4, 0.5) is 4.79 Å². The highest BCUT2D eigenvalue weighted by Gasteiger charge is 2.51. The molecule has 2 aliphatic rings. The molecule has 4 amide bonds. The second kappa shape index (κ2) is 12.3. The van der Waals surface area contributed by atoms with E-state index in [-0.39, 0.29) is 49.7 Å². The zero-order chi connectivity index (χ0) is 31.0. The number of urea groups is 1. The molecular weight excluding hydrogens is 603 g/mol. The molecule has 10 nitrogen and oxygen atoms in total. The topological polar surface area (TPSA) is 109 Å². The van der Waals surface area contributed by atoms with Gasteiger partial charge in [-0.15, -0.1) is 0 Å². The van der Waals surface area contributed by atoms with Crippen molar-refractivity contribution in [3.8, 4) is 5.75 Å². The molecule has 3 aromatic carbocycles. The van der Waals surface area contributed by atoms with Gasteiger partial charge in [0, 0.05) is 48.7 Å². The van der Waals surface area contributed by atoms with E-state index in [0.717, 1.165) is 11.1 Å². The van der Waals surface area contributed by atoms with Crippen LogP contribution in [0.1, 0.15) is 16.7 Å². The minimum atomic E-state index is -0.845. The molecular formula is C32H30Cl2N6O4. The standard InChI is InChI=1S/C32H30Cl2N6O4/c1-37(32(44)36-16-21-6-3-2-4-7-21)39-19-29(42)40-27(14-20-9-11-22(41)12-10-20)31(43)38(18-28(39)40)17-24-26(34)15-25(33)23-8-5-13-35-30(23)24/h2-13,15,27-28,41H,14,16-19H2,1H3,(H,36,44)/t27-,28+/m0/s1. The number of phenols is 1. The molecule has 2 fully saturated rings. The van der Waals surface area contributed by atoms with Gasteiger partial charge in [-0.2, -0.15) is 5.01 Å². The third-order valence-electron chi connectivity index (χ3n) is 8.14. The van der Waals surface area contributed by atoms with E-state index in [1.807, 2.05) is 36.4 Å². The Labute approximate surface area is 264 Å². The van der Waals surface area contributed by atoms with Crippen molar-refractivity contribution in [1.29, 1.82) is 0 Å². The summed E-state index contributed by atoms with van der Waals surface area (Å²) in [6.07, 6.45) is 1.26. The molecule has 1 aromatic heterocycles. The van der Waals surface area contributed by atoms with Crippen molar-refractivity contribution in [2.24, 2.45) is 0 Å². The summed E-state index contributed by atoms with van der Waals surface area (Å²) in [5, 5.41) is 17.3. The number of carbonyl (C=O) groups excluding carboxylic acids is 3. The van der Waals surface area contributed by atoms with Crippen LogP contribution in [0.5, 0.6) is 5.75 Å². The first-order valence-electron chi connectivity index (χ1n) is 14.1. The van der Waals surface area contributed by atoms with Crippen LogP contribution >= 0.6 is 23.2 Å². The molecule has 0 bridgehead atoms. The molecule has 0 saturated carbocycles. The molecule has 4 aromatic rings. The molecule has 44 heavy (non-hydrogen) atoms. The zero-order valence-corrected chi connectivity index (χ0v) is 25.4. The number of nitrogens with one attached hydrogen (secondary N) is 1. The fourth-order valence-corrected chi connectivity index (χ4v) is 6.45. The molecule has 3 heterocycles. The molecule has 2 atom stereocenters. The van der Waals surface area contributed by atoms with Crippen molar-refractivity contribution < 1.29 is 19.5 Å². The third kappa shape index (κ3) is 5.76. The maximum atomic E-state index is 14.2. The van der Waals surface area contributed by atoms with E-state index in [4.69, 9.17) is 23.2 Å². The molecule has 2 saturated heterocycles. The number of rotatable bonds is 7. The van der Waals surface area contributed by atoms with Crippen LogP contribution in [0.25, 0.3) is 10.9 Å². The number of piperazine rings is 1. The van der Waals surface area contributed by atoms with Gasteiger partial charge in [-0.1, -0.05) is 65.7 Å². The number of hydrogen-bond donors (Lipinski definition) is 2. The van der Waals surface area contributed by atoms with E-state index in [9.17, 15) is 19.5 Å². The van der Waals surface area contributed by atoms with Crippen molar-refractivity contribution in [2.75, 3.05) is 20.1 Å². The maximum absolute atomic E-state index is 14.2. The number of hydrazine groups is 1. The average Bonchev–Trinajstić information content (AvgIpc) is 3.36. The molecule has 0 aliphatic carbocycles. The number of carbonyl (C=O) groups is 3. The van der Waals surface area contributed by atoms with Gasteiger partial charge in [0.05, 0.1) is 23.6 Å². The van der Waals surface area contributed by atoms with Crippen molar-refractivity contribution in [2.45, 2.75) is 31.7 Å². The molecule has 0 radical (unpaired) electrons.